The Morgan fingerprint density at radius 3 is 2.95 bits per heavy atom. The van der Waals surface area contributed by atoms with E-state index in [9.17, 15) is 14.9 Å². The number of thiophene rings is 1. The van der Waals surface area contributed by atoms with Gasteiger partial charge in [-0.3, -0.25) is 14.9 Å². The summed E-state index contributed by atoms with van der Waals surface area (Å²) in [4.78, 5) is 27.4. The maximum Gasteiger partial charge on any atom is 0.288 e. The van der Waals surface area contributed by atoms with Crippen LogP contribution in [0.1, 0.15) is 22.2 Å². The lowest BCUT2D eigenvalue weighted by molar-refractivity contribution is -0.385. The second-order valence-corrected chi connectivity index (χ2v) is 5.17. The minimum absolute atomic E-state index is 0.169. The van der Waals surface area contributed by atoms with E-state index in [0.29, 0.717) is 18.9 Å². The van der Waals surface area contributed by atoms with Crippen LogP contribution in [0.3, 0.4) is 0 Å². The molecule has 0 aliphatic heterocycles. The summed E-state index contributed by atoms with van der Waals surface area (Å²) in [5.74, 6) is -0.0534. The maximum absolute atomic E-state index is 12.2. The molecule has 0 fully saturated rings. The molecule has 0 unspecified atom stereocenters. The number of rotatable bonds is 6. The molecule has 1 amide bonds. The van der Waals surface area contributed by atoms with Gasteiger partial charge in [0.2, 0.25) is 0 Å². The number of anilines is 1. The molecule has 0 atom stereocenters. The lowest BCUT2D eigenvalue weighted by atomic mass is 10.2. The summed E-state index contributed by atoms with van der Waals surface area (Å²) in [5.41, 5.74) is -0.0412. The molecule has 21 heavy (non-hydrogen) atoms. The summed E-state index contributed by atoms with van der Waals surface area (Å²) in [6.07, 6.45) is 1.13. The van der Waals surface area contributed by atoms with Crippen molar-refractivity contribution in [2.45, 2.75) is 13.5 Å². The molecule has 0 aliphatic rings. The van der Waals surface area contributed by atoms with Crippen LogP contribution in [0.4, 0.5) is 11.5 Å². The first kappa shape index (κ1) is 14.9. The van der Waals surface area contributed by atoms with Gasteiger partial charge in [-0.05, 0) is 18.4 Å². The van der Waals surface area contributed by atoms with Gasteiger partial charge in [0.15, 0.2) is 0 Å². The highest BCUT2D eigenvalue weighted by Gasteiger charge is 2.17. The second-order valence-electron chi connectivity index (χ2n) is 4.14. The SMILES string of the molecule is CCNc1ncc([N+](=O)[O-])cc1C(=O)NCc1cccs1. The lowest BCUT2D eigenvalue weighted by Gasteiger charge is -2.09. The molecule has 0 radical (unpaired) electrons. The Morgan fingerprint density at radius 1 is 1.52 bits per heavy atom. The molecule has 110 valence electrons. The van der Waals surface area contributed by atoms with Crippen molar-refractivity contribution in [1.82, 2.24) is 10.3 Å². The molecular formula is C13H14N4O3S. The van der Waals surface area contributed by atoms with Gasteiger partial charge in [0, 0.05) is 17.5 Å². The van der Waals surface area contributed by atoms with Crippen LogP contribution in [-0.4, -0.2) is 22.4 Å². The standard InChI is InChI=1S/C13H14N4O3S/c1-2-14-12-11(6-9(7-15-12)17(19)20)13(18)16-8-10-4-3-5-21-10/h3-7H,2,8H2,1H3,(H,14,15)(H,16,18). The third-order valence-corrected chi connectivity index (χ3v) is 3.55. The van der Waals surface area contributed by atoms with Crippen molar-refractivity contribution >= 4 is 28.7 Å². The van der Waals surface area contributed by atoms with E-state index in [1.807, 2.05) is 24.4 Å². The summed E-state index contributed by atoms with van der Waals surface area (Å²) in [5, 5.41) is 18.4. The van der Waals surface area contributed by atoms with Gasteiger partial charge in [0.25, 0.3) is 11.6 Å². The molecule has 0 aliphatic carbocycles. The first-order chi connectivity index (χ1) is 10.1. The molecule has 0 saturated heterocycles. The minimum Gasteiger partial charge on any atom is -0.370 e. The topological polar surface area (TPSA) is 97.2 Å². The van der Waals surface area contributed by atoms with Crippen LogP contribution in [0.15, 0.2) is 29.8 Å². The zero-order valence-corrected chi connectivity index (χ0v) is 12.1. The van der Waals surface area contributed by atoms with Gasteiger partial charge in [-0.2, -0.15) is 0 Å². The van der Waals surface area contributed by atoms with E-state index in [1.165, 1.54) is 17.4 Å². The van der Waals surface area contributed by atoms with Gasteiger partial charge in [0.05, 0.1) is 17.0 Å². The van der Waals surface area contributed by atoms with Crippen LogP contribution in [0.2, 0.25) is 0 Å². The number of carbonyl (C=O) groups excluding carboxylic acids is 1. The number of carbonyl (C=O) groups is 1. The fourth-order valence-electron chi connectivity index (χ4n) is 1.71. The normalized spacial score (nSPS) is 10.1. The van der Waals surface area contributed by atoms with Crippen molar-refractivity contribution in [3.8, 4) is 0 Å². The summed E-state index contributed by atoms with van der Waals surface area (Å²) in [7, 11) is 0. The largest absolute Gasteiger partial charge is 0.370 e. The molecule has 2 rings (SSSR count). The number of nitrogens with zero attached hydrogens (tertiary/aromatic N) is 2. The fourth-order valence-corrected chi connectivity index (χ4v) is 2.36. The van der Waals surface area contributed by atoms with E-state index in [4.69, 9.17) is 0 Å². The zero-order valence-electron chi connectivity index (χ0n) is 11.3. The smallest absolute Gasteiger partial charge is 0.288 e. The van der Waals surface area contributed by atoms with E-state index >= 15 is 0 Å². The second kappa shape index (κ2) is 6.80. The number of nitrogens with one attached hydrogen (secondary N) is 2. The molecule has 2 aromatic heterocycles. The molecule has 8 heteroatoms. The molecule has 7 nitrogen and oxygen atoms in total. The van der Waals surface area contributed by atoms with E-state index < -0.39 is 10.8 Å². The van der Waals surface area contributed by atoms with Crippen molar-refractivity contribution in [3.63, 3.8) is 0 Å². The zero-order chi connectivity index (χ0) is 15.2. The van der Waals surface area contributed by atoms with Gasteiger partial charge in [-0.15, -0.1) is 11.3 Å². The first-order valence-corrected chi connectivity index (χ1v) is 7.18. The highest BCUT2D eigenvalue weighted by atomic mass is 32.1. The number of nitro groups is 1. The van der Waals surface area contributed by atoms with Crippen molar-refractivity contribution in [3.05, 3.63) is 50.3 Å². The molecular weight excluding hydrogens is 292 g/mol. The van der Waals surface area contributed by atoms with Gasteiger partial charge in [0.1, 0.15) is 12.0 Å². The van der Waals surface area contributed by atoms with Crippen LogP contribution >= 0.6 is 11.3 Å². The highest BCUT2D eigenvalue weighted by Crippen LogP contribution is 2.19. The fraction of sp³-hybridized carbons (Fsp3) is 0.231. The Bertz CT molecular complexity index is 643. The number of aromatic nitrogens is 1. The minimum atomic E-state index is -0.571. The predicted octanol–water partition coefficient (Wildman–Crippen LogP) is 2.41. The Hall–Kier alpha value is -2.48. The summed E-state index contributed by atoms with van der Waals surface area (Å²) in [6.45, 7) is 2.80. The van der Waals surface area contributed by atoms with Crippen molar-refractivity contribution in [2.24, 2.45) is 0 Å². The first-order valence-electron chi connectivity index (χ1n) is 6.30. The molecule has 0 spiro atoms. The van der Waals surface area contributed by atoms with Gasteiger partial charge < -0.3 is 10.6 Å². The van der Waals surface area contributed by atoms with Crippen molar-refractivity contribution in [2.75, 3.05) is 11.9 Å². The lowest BCUT2D eigenvalue weighted by Crippen LogP contribution is -2.24. The third kappa shape index (κ3) is 3.76. The van der Waals surface area contributed by atoms with Gasteiger partial charge >= 0.3 is 0 Å². The maximum atomic E-state index is 12.2. The van der Waals surface area contributed by atoms with E-state index in [0.717, 1.165) is 11.1 Å². The van der Waals surface area contributed by atoms with E-state index in [1.54, 1.807) is 0 Å². The number of hydrogen-bond donors (Lipinski definition) is 2. The van der Waals surface area contributed by atoms with Crippen LogP contribution < -0.4 is 10.6 Å². The summed E-state index contributed by atoms with van der Waals surface area (Å²) < 4.78 is 0. The van der Waals surface area contributed by atoms with Gasteiger partial charge in [-0.25, -0.2) is 4.98 Å². The van der Waals surface area contributed by atoms with Crippen LogP contribution in [0.25, 0.3) is 0 Å². The monoisotopic (exact) mass is 306 g/mol. The highest BCUT2D eigenvalue weighted by molar-refractivity contribution is 7.09. The quantitative estimate of drug-likeness (QED) is 0.631. The average Bonchev–Trinajstić information content (AvgIpc) is 2.98. The Kier molecular flexibility index (Phi) is 4.83. The third-order valence-electron chi connectivity index (χ3n) is 2.68. The number of pyridine rings is 1. The Balaban J connectivity index is 2.20. The van der Waals surface area contributed by atoms with E-state index in [2.05, 4.69) is 15.6 Å². The molecule has 2 heterocycles. The predicted molar refractivity (Wildman–Crippen MR) is 80.5 cm³/mol. The number of hydrogen-bond acceptors (Lipinski definition) is 6. The van der Waals surface area contributed by atoms with E-state index in [-0.39, 0.29) is 11.3 Å². The van der Waals surface area contributed by atoms with Gasteiger partial charge in [-0.1, -0.05) is 6.07 Å². The number of amides is 1. The molecule has 2 aromatic rings. The average molecular weight is 306 g/mol. The summed E-state index contributed by atoms with van der Waals surface area (Å²) >= 11 is 1.53. The Morgan fingerprint density at radius 2 is 2.33 bits per heavy atom. The van der Waals surface area contributed by atoms with Crippen LogP contribution in [0.5, 0.6) is 0 Å². The molecule has 0 aromatic carbocycles. The Labute approximate surface area is 125 Å². The van der Waals surface area contributed by atoms with Crippen LogP contribution in [-0.2, 0) is 6.54 Å². The molecule has 2 N–H and O–H groups in total. The summed E-state index contributed by atoms with van der Waals surface area (Å²) in [6, 6.07) is 5.03. The van der Waals surface area contributed by atoms with Crippen LogP contribution in [0, 0.1) is 10.1 Å². The molecule has 0 bridgehead atoms. The van der Waals surface area contributed by atoms with Crippen molar-refractivity contribution < 1.29 is 9.72 Å². The molecule has 0 saturated carbocycles. The van der Waals surface area contributed by atoms with Crippen molar-refractivity contribution in [1.29, 1.82) is 0 Å².